The summed E-state index contributed by atoms with van der Waals surface area (Å²) >= 11 is 1.51. The number of hydrogen-bond acceptors (Lipinski definition) is 6. The minimum absolute atomic E-state index is 0.0376. The van der Waals surface area contributed by atoms with Gasteiger partial charge in [-0.2, -0.15) is 0 Å². The van der Waals surface area contributed by atoms with Crippen LogP contribution in [0.25, 0.3) is 11.0 Å². The molecule has 2 N–H and O–H groups in total. The summed E-state index contributed by atoms with van der Waals surface area (Å²) in [5.41, 5.74) is 3.53. The molecule has 0 saturated heterocycles. The number of imidazole rings is 1. The molecule has 9 nitrogen and oxygen atoms in total. The molecule has 2 aromatic heterocycles. The Morgan fingerprint density at radius 3 is 2.94 bits per heavy atom. The number of thioether (sulfide) groups is 1. The summed E-state index contributed by atoms with van der Waals surface area (Å²) in [5, 5.41) is 7.05. The first-order valence-corrected chi connectivity index (χ1v) is 10.7. The van der Waals surface area contributed by atoms with E-state index < -0.39 is 11.9 Å². The van der Waals surface area contributed by atoms with Crippen LogP contribution in [0, 0.1) is 0 Å². The standard InChI is InChI=1S/C21H19N7O2S/c1-27-17-7-14-15(23-11-22-14)8-18(17)31-10-16(21(27)30)25-20(29)19-24-12-28(26-19)9-13-5-3-2-4-6-13/h2-8,11-12,16H,9-10H2,1H3,(H,22,23)(H,25,29)/t16-/m0/s1. The van der Waals surface area contributed by atoms with Crippen LogP contribution < -0.4 is 10.2 Å². The lowest BCUT2D eigenvalue weighted by Crippen LogP contribution is -2.48. The molecule has 0 unspecified atom stereocenters. The Bertz CT molecular complexity index is 1270. The number of nitrogens with zero attached hydrogens (tertiary/aromatic N) is 5. The second-order valence-electron chi connectivity index (χ2n) is 7.23. The Morgan fingerprint density at radius 2 is 2.10 bits per heavy atom. The number of anilines is 1. The second kappa shape index (κ2) is 7.88. The largest absolute Gasteiger partial charge is 0.345 e. The van der Waals surface area contributed by atoms with Crippen molar-refractivity contribution in [1.29, 1.82) is 0 Å². The monoisotopic (exact) mass is 433 g/mol. The van der Waals surface area contributed by atoms with Gasteiger partial charge in [0.25, 0.3) is 5.91 Å². The van der Waals surface area contributed by atoms with E-state index in [1.54, 1.807) is 23.0 Å². The van der Waals surface area contributed by atoms with Crippen molar-refractivity contribution in [1.82, 2.24) is 30.0 Å². The van der Waals surface area contributed by atoms with Crippen molar-refractivity contribution in [3.05, 3.63) is 66.5 Å². The summed E-state index contributed by atoms with van der Waals surface area (Å²) in [6, 6.07) is 13.0. The van der Waals surface area contributed by atoms with Crippen LogP contribution in [-0.4, -0.2) is 55.4 Å². The number of fused-ring (bicyclic) bond motifs is 2. The minimum atomic E-state index is -0.692. The van der Waals surface area contributed by atoms with E-state index in [4.69, 9.17) is 0 Å². The van der Waals surface area contributed by atoms with Crippen LogP contribution in [0.15, 0.2) is 60.0 Å². The van der Waals surface area contributed by atoms with Gasteiger partial charge in [0.2, 0.25) is 11.7 Å². The lowest BCUT2D eigenvalue weighted by atomic mass is 10.2. The molecule has 0 fully saturated rings. The van der Waals surface area contributed by atoms with E-state index in [-0.39, 0.29) is 11.7 Å². The van der Waals surface area contributed by atoms with Crippen LogP contribution in [-0.2, 0) is 11.3 Å². The molecule has 0 bridgehead atoms. The lowest BCUT2D eigenvalue weighted by molar-refractivity contribution is -0.119. The third-order valence-electron chi connectivity index (χ3n) is 5.13. The van der Waals surface area contributed by atoms with E-state index in [2.05, 4.69) is 25.4 Å². The van der Waals surface area contributed by atoms with Crippen LogP contribution in [0.5, 0.6) is 0 Å². The molecule has 2 amide bonds. The SMILES string of the molecule is CN1C(=O)[C@@H](NC(=O)c2ncn(Cc3ccccc3)n2)CSc2cc3nc[nH]c3cc21. The fourth-order valence-electron chi connectivity index (χ4n) is 3.50. The number of amides is 2. The van der Waals surface area contributed by atoms with Crippen molar-refractivity contribution in [3.63, 3.8) is 0 Å². The van der Waals surface area contributed by atoms with Crippen molar-refractivity contribution in [2.45, 2.75) is 17.5 Å². The van der Waals surface area contributed by atoms with Gasteiger partial charge >= 0.3 is 0 Å². The number of carbonyl (C=O) groups is 2. The van der Waals surface area contributed by atoms with Gasteiger partial charge in [0, 0.05) is 17.7 Å². The summed E-state index contributed by atoms with van der Waals surface area (Å²) in [5.74, 6) is -0.223. The number of rotatable bonds is 4. The Hall–Kier alpha value is -3.66. The van der Waals surface area contributed by atoms with Gasteiger partial charge < -0.3 is 15.2 Å². The van der Waals surface area contributed by atoms with Gasteiger partial charge in [-0.05, 0) is 17.7 Å². The van der Waals surface area contributed by atoms with E-state index in [0.29, 0.717) is 12.3 Å². The number of aromatic nitrogens is 5. The van der Waals surface area contributed by atoms with Crippen molar-refractivity contribution < 1.29 is 9.59 Å². The van der Waals surface area contributed by atoms with Crippen LogP contribution in [0.1, 0.15) is 16.2 Å². The molecular weight excluding hydrogens is 414 g/mol. The molecule has 1 atom stereocenters. The number of likely N-dealkylation sites (N-methyl/N-ethyl adjacent to an activating group) is 1. The van der Waals surface area contributed by atoms with Crippen LogP contribution in [0.4, 0.5) is 5.69 Å². The second-order valence-corrected chi connectivity index (χ2v) is 8.29. The van der Waals surface area contributed by atoms with Crippen molar-refractivity contribution >= 4 is 40.3 Å². The number of H-pyrrole nitrogens is 1. The summed E-state index contributed by atoms with van der Waals surface area (Å²) < 4.78 is 1.60. The summed E-state index contributed by atoms with van der Waals surface area (Å²) in [6.45, 7) is 0.512. The minimum Gasteiger partial charge on any atom is -0.345 e. The molecule has 0 radical (unpaired) electrons. The number of nitrogens with one attached hydrogen (secondary N) is 2. The van der Waals surface area contributed by atoms with E-state index in [1.165, 1.54) is 18.1 Å². The van der Waals surface area contributed by atoms with Gasteiger partial charge in [-0.25, -0.2) is 14.6 Å². The number of benzene rings is 2. The first-order valence-electron chi connectivity index (χ1n) is 9.70. The molecule has 3 heterocycles. The molecule has 156 valence electrons. The molecule has 0 saturated carbocycles. The van der Waals surface area contributed by atoms with Crippen LogP contribution in [0.3, 0.4) is 0 Å². The fourth-order valence-corrected chi connectivity index (χ4v) is 4.61. The predicted octanol–water partition coefficient (Wildman–Crippen LogP) is 2.07. The summed E-state index contributed by atoms with van der Waals surface area (Å²) in [4.78, 5) is 39.7. The first-order chi connectivity index (χ1) is 15.1. The third-order valence-corrected chi connectivity index (χ3v) is 6.27. The van der Waals surface area contributed by atoms with E-state index in [1.807, 2.05) is 42.5 Å². The Labute approximate surface area is 181 Å². The first kappa shape index (κ1) is 19.3. The van der Waals surface area contributed by atoms with Crippen molar-refractivity contribution in [3.8, 4) is 0 Å². The van der Waals surface area contributed by atoms with Gasteiger partial charge in [0.05, 0.1) is 29.6 Å². The maximum atomic E-state index is 13.0. The normalized spacial score (nSPS) is 16.2. The quantitative estimate of drug-likeness (QED) is 0.510. The molecule has 2 aromatic carbocycles. The smallest absolute Gasteiger partial charge is 0.291 e. The molecule has 1 aliphatic heterocycles. The molecule has 4 aromatic rings. The van der Waals surface area contributed by atoms with Crippen LogP contribution in [0.2, 0.25) is 0 Å². The summed E-state index contributed by atoms with van der Waals surface area (Å²) in [7, 11) is 1.71. The molecule has 5 rings (SSSR count). The van der Waals surface area contributed by atoms with E-state index in [9.17, 15) is 9.59 Å². The molecule has 1 aliphatic rings. The molecule has 10 heteroatoms. The third kappa shape index (κ3) is 3.77. The van der Waals surface area contributed by atoms with E-state index in [0.717, 1.165) is 27.2 Å². The maximum absolute atomic E-state index is 13.0. The number of hydrogen-bond donors (Lipinski definition) is 2. The Morgan fingerprint density at radius 1 is 1.26 bits per heavy atom. The zero-order valence-corrected chi connectivity index (χ0v) is 17.5. The number of aromatic amines is 1. The lowest BCUT2D eigenvalue weighted by Gasteiger charge is -2.21. The molecule has 0 aliphatic carbocycles. The summed E-state index contributed by atoms with van der Waals surface area (Å²) in [6.07, 6.45) is 3.14. The average molecular weight is 433 g/mol. The van der Waals surface area contributed by atoms with Gasteiger partial charge in [0.15, 0.2) is 0 Å². The highest BCUT2D eigenvalue weighted by Crippen LogP contribution is 2.36. The maximum Gasteiger partial charge on any atom is 0.291 e. The van der Waals surface area contributed by atoms with Gasteiger partial charge in [-0.1, -0.05) is 30.3 Å². The van der Waals surface area contributed by atoms with Gasteiger partial charge in [0.1, 0.15) is 12.4 Å². The van der Waals surface area contributed by atoms with Crippen LogP contribution >= 0.6 is 11.8 Å². The Balaban J connectivity index is 1.31. The molecule has 0 spiro atoms. The highest BCUT2D eigenvalue weighted by Gasteiger charge is 2.31. The zero-order valence-electron chi connectivity index (χ0n) is 16.6. The number of carbonyl (C=O) groups excluding carboxylic acids is 2. The highest BCUT2D eigenvalue weighted by atomic mass is 32.2. The average Bonchev–Trinajstić information content (AvgIpc) is 3.42. The van der Waals surface area contributed by atoms with Gasteiger partial charge in [-0.3, -0.25) is 9.59 Å². The predicted molar refractivity (Wildman–Crippen MR) is 117 cm³/mol. The highest BCUT2D eigenvalue weighted by molar-refractivity contribution is 7.99. The Kier molecular flexibility index (Phi) is 4.91. The van der Waals surface area contributed by atoms with Crippen molar-refractivity contribution in [2.75, 3.05) is 17.7 Å². The molecular formula is C21H19N7O2S. The van der Waals surface area contributed by atoms with Crippen molar-refractivity contribution in [2.24, 2.45) is 0 Å². The fraction of sp³-hybridized carbons (Fsp3) is 0.190. The van der Waals surface area contributed by atoms with Gasteiger partial charge in [-0.15, -0.1) is 16.9 Å². The topological polar surface area (TPSA) is 109 Å². The molecule has 31 heavy (non-hydrogen) atoms. The van der Waals surface area contributed by atoms with E-state index >= 15 is 0 Å². The zero-order chi connectivity index (χ0) is 21.4.